The van der Waals surface area contributed by atoms with Crippen LogP contribution >= 0.6 is 0 Å². The van der Waals surface area contributed by atoms with Crippen LogP contribution in [0.1, 0.15) is 36.0 Å². The molecule has 2 fully saturated rings. The Kier molecular flexibility index (Phi) is 3.30. The summed E-state index contributed by atoms with van der Waals surface area (Å²) in [6.45, 7) is 0. The maximum absolute atomic E-state index is 12.1. The topological polar surface area (TPSA) is 91.1 Å². The largest absolute Gasteiger partial charge is 0.351 e. The van der Waals surface area contributed by atoms with Gasteiger partial charge in [-0.15, -0.1) is 0 Å². The number of amides is 2. The molecule has 106 valence electrons. The summed E-state index contributed by atoms with van der Waals surface area (Å²) in [6, 6.07) is 2.85. The van der Waals surface area contributed by atoms with Gasteiger partial charge in [-0.1, -0.05) is 0 Å². The van der Waals surface area contributed by atoms with Crippen LogP contribution in [-0.2, 0) is 4.79 Å². The van der Waals surface area contributed by atoms with Gasteiger partial charge in [-0.2, -0.15) is 0 Å². The van der Waals surface area contributed by atoms with E-state index in [1.54, 1.807) is 0 Å². The molecule has 3 N–H and O–H groups in total. The number of piperidine rings is 1. The summed E-state index contributed by atoms with van der Waals surface area (Å²) in [5.74, 6) is 0.338. The Labute approximate surface area is 116 Å². The van der Waals surface area contributed by atoms with Gasteiger partial charge in [0.25, 0.3) is 5.91 Å². The van der Waals surface area contributed by atoms with Crippen molar-refractivity contribution < 1.29 is 9.59 Å². The van der Waals surface area contributed by atoms with Crippen LogP contribution in [0.15, 0.2) is 23.1 Å². The second-order valence-electron chi connectivity index (χ2n) is 5.49. The van der Waals surface area contributed by atoms with Gasteiger partial charge in [0.15, 0.2) is 0 Å². The van der Waals surface area contributed by atoms with Crippen molar-refractivity contribution >= 4 is 11.8 Å². The van der Waals surface area contributed by atoms with Crippen LogP contribution in [0, 0.1) is 5.92 Å². The summed E-state index contributed by atoms with van der Waals surface area (Å²) in [4.78, 5) is 37.1. The molecule has 0 unspecified atom stereocenters. The number of hydrogen-bond donors (Lipinski definition) is 3. The molecule has 2 atom stereocenters. The summed E-state index contributed by atoms with van der Waals surface area (Å²) in [5, 5.41) is 5.95. The Hall–Kier alpha value is -2.11. The molecule has 1 aromatic heterocycles. The lowest BCUT2D eigenvalue weighted by Crippen LogP contribution is -2.56. The highest BCUT2D eigenvalue weighted by Crippen LogP contribution is 2.36. The highest BCUT2D eigenvalue weighted by Gasteiger charge is 2.40. The first kappa shape index (κ1) is 12.9. The average molecular weight is 275 g/mol. The number of hydrogen-bond acceptors (Lipinski definition) is 3. The third-order valence-corrected chi connectivity index (χ3v) is 3.94. The molecule has 1 saturated heterocycles. The van der Waals surface area contributed by atoms with Gasteiger partial charge in [0, 0.05) is 18.7 Å². The molecule has 0 bridgehead atoms. The van der Waals surface area contributed by atoms with Gasteiger partial charge in [0.2, 0.25) is 11.5 Å². The summed E-state index contributed by atoms with van der Waals surface area (Å²) < 4.78 is 0. The van der Waals surface area contributed by atoms with Gasteiger partial charge in [-0.3, -0.25) is 14.4 Å². The fraction of sp³-hybridized carbons (Fsp3) is 0.500. The molecule has 6 nitrogen and oxygen atoms in total. The molecule has 0 aromatic carbocycles. The van der Waals surface area contributed by atoms with Crippen LogP contribution in [0.25, 0.3) is 0 Å². The smallest absolute Gasteiger partial charge is 0.253 e. The zero-order valence-corrected chi connectivity index (χ0v) is 11.0. The molecule has 0 radical (unpaired) electrons. The number of carbonyl (C=O) groups is 2. The van der Waals surface area contributed by atoms with E-state index in [0.29, 0.717) is 24.3 Å². The number of pyridine rings is 1. The van der Waals surface area contributed by atoms with Crippen molar-refractivity contribution in [2.75, 3.05) is 0 Å². The van der Waals surface area contributed by atoms with Crippen LogP contribution in [-0.4, -0.2) is 28.9 Å². The molecule has 2 aliphatic rings. The molecular weight excluding hydrogens is 258 g/mol. The minimum Gasteiger partial charge on any atom is -0.351 e. The number of carbonyl (C=O) groups excluding carboxylic acids is 2. The van der Waals surface area contributed by atoms with E-state index in [4.69, 9.17) is 0 Å². The van der Waals surface area contributed by atoms with E-state index in [0.717, 1.165) is 12.8 Å². The van der Waals surface area contributed by atoms with Crippen LogP contribution < -0.4 is 16.2 Å². The molecule has 2 amide bonds. The predicted octanol–water partition coefficient (Wildman–Crippen LogP) is 0.162. The number of aromatic amines is 1. The van der Waals surface area contributed by atoms with Crippen LogP contribution in [0.5, 0.6) is 0 Å². The first-order valence-electron chi connectivity index (χ1n) is 6.92. The van der Waals surface area contributed by atoms with E-state index in [9.17, 15) is 14.4 Å². The normalized spacial score (nSPS) is 25.9. The molecule has 1 saturated carbocycles. The highest BCUT2D eigenvalue weighted by molar-refractivity contribution is 5.94. The first-order valence-corrected chi connectivity index (χ1v) is 6.92. The molecule has 2 heterocycles. The number of rotatable bonds is 3. The second-order valence-corrected chi connectivity index (χ2v) is 5.49. The van der Waals surface area contributed by atoms with E-state index in [-0.39, 0.29) is 29.5 Å². The van der Waals surface area contributed by atoms with E-state index in [1.165, 1.54) is 18.3 Å². The Balaban J connectivity index is 1.69. The minimum absolute atomic E-state index is 0.0281. The summed E-state index contributed by atoms with van der Waals surface area (Å²) in [5.41, 5.74) is 0.193. The molecule has 6 heteroatoms. The Morgan fingerprint density at radius 3 is 2.65 bits per heavy atom. The predicted molar refractivity (Wildman–Crippen MR) is 72.2 cm³/mol. The minimum atomic E-state index is -0.234. The lowest BCUT2D eigenvalue weighted by atomic mass is 9.94. The molecule has 1 aromatic rings. The van der Waals surface area contributed by atoms with Gasteiger partial charge in [0.05, 0.1) is 17.6 Å². The number of aromatic nitrogens is 1. The fourth-order valence-electron chi connectivity index (χ4n) is 2.69. The molecule has 1 aliphatic heterocycles. The van der Waals surface area contributed by atoms with Gasteiger partial charge in [-0.05, 0) is 31.2 Å². The van der Waals surface area contributed by atoms with Crippen molar-refractivity contribution in [3.8, 4) is 0 Å². The molecule has 1 aliphatic carbocycles. The fourth-order valence-corrected chi connectivity index (χ4v) is 2.69. The zero-order valence-electron chi connectivity index (χ0n) is 11.0. The number of H-pyrrole nitrogens is 1. The van der Waals surface area contributed by atoms with Gasteiger partial charge in [0.1, 0.15) is 0 Å². The van der Waals surface area contributed by atoms with Crippen LogP contribution in [0.2, 0.25) is 0 Å². The van der Waals surface area contributed by atoms with Crippen molar-refractivity contribution in [3.63, 3.8) is 0 Å². The van der Waals surface area contributed by atoms with E-state index < -0.39 is 0 Å². The van der Waals surface area contributed by atoms with E-state index in [2.05, 4.69) is 15.6 Å². The standard InChI is InChI=1S/C14H17N3O3/c18-11-5-3-9(7-15-11)14(20)16-10-4-6-12(19)17-13(10)8-1-2-8/h3,5,7-8,10,13H,1-2,4,6H2,(H,15,18)(H,16,20)(H,17,19)/t10-,13+/m1/s1. The van der Waals surface area contributed by atoms with Crippen molar-refractivity contribution in [1.29, 1.82) is 0 Å². The Bertz CT molecular complexity index is 571. The molecule has 0 spiro atoms. The second kappa shape index (κ2) is 5.11. The Morgan fingerprint density at radius 2 is 2.00 bits per heavy atom. The third-order valence-electron chi connectivity index (χ3n) is 3.94. The van der Waals surface area contributed by atoms with Gasteiger partial charge < -0.3 is 15.6 Å². The molecular formula is C14H17N3O3. The first-order chi connectivity index (χ1) is 9.63. The molecule has 20 heavy (non-hydrogen) atoms. The third kappa shape index (κ3) is 2.74. The van der Waals surface area contributed by atoms with Crippen molar-refractivity contribution in [2.45, 2.75) is 37.8 Å². The SMILES string of the molecule is O=C1CC[C@@H](NC(=O)c2ccc(=O)[nH]c2)[C@H](C2CC2)N1. The number of nitrogens with one attached hydrogen (secondary N) is 3. The maximum Gasteiger partial charge on any atom is 0.253 e. The highest BCUT2D eigenvalue weighted by atomic mass is 16.2. The van der Waals surface area contributed by atoms with E-state index in [1.807, 2.05) is 0 Å². The quantitative estimate of drug-likeness (QED) is 0.734. The van der Waals surface area contributed by atoms with Crippen molar-refractivity contribution in [1.82, 2.24) is 15.6 Å². The average Bonchev–Trinajstić information content (AvgIpc) is 3.26. The van der Waals surface area contributed by atoms with E-state index >= 15 is 0 Å². The van der Waals surface area contributed by atoms with Crippen molar-refractivity contribution in [2.24, 2.45) is 5.92 Å². The monoisotopic (exact) mass is 275 g/mol. The van der Waals surface area contributed by atoms with Crippen molar-refractivity contribution in [3.05, 3.63) is 34.2 Å². The van der Waals surface area contributed by atoms with Crippen LogP contribution in [0.3, 0.4) is 0 Å². The molecule has 3 rings (SSSR count). The van der Waals surface area contributed by atoms with Gasteiger partial charge >= 0.3 is 0 Å². The van der Waals surface area contributed by atoms with Gasteiger partial charge in [-0.25, -0.2) is 0 Å². The van der Waals surface area contributed by atoms with Crippen LogP contribution in [0.4, 0.5) is 0 Å². The maximum atomic E-state index is 12.1. The summed E-state index contributed by atoms with van der Waals surface area (Å²) in [7, 11) is 0. The summed E-state index contributed by atoms with van der Waals surface area (Å²) >= 11 is 0. The zero-order chi connectivity index (χ0) is 14.1. The Morgan fingerprint density at radius 1 is 1.20 bits per heavy atom. The lowest BCUT2D eigenvalue weighted by Gasteiger charge is -2.33. The lowest BCUT2D eigenvalue weighted by molar-refractivity contribution is -0.124. The summed E-state index contributed by atoms with van der Waals surface area (Å²) in [6.07, 6.45) is 4.74.